The summed E-state index contributed by atoms with van der Waals surface area (Å²) in [5.74, 6) is 0.421. The van der Waals surface area contributed by atoms with E-state index in [1.165, 1.54) is 0 Å². The molecule has 0 saturated heterocycles. The van der Waals surface area contributed by atoms with Crippen molar-refractivity contribution in [1.82, 2.24) is 9.55 Å². The zero-order valence-electron chi connectivity index (χ0n) is 8.39. The summed E-state index contributed by atoms with van der Waals surface area (Å²) in [6, 6.07) is 8.98. The van der Waals surface area contributed by atoms with Gasteiger partial charge in [0.2, 0.25) is 0 Å². The maximum absolute atomic E-state index is 8.86. The Hall–Kier alpha value is -1.99. The summed E-state index contributed by atoms with van der Waals surface area (Å²) in [5.41, 5.74) is 6.81. The van der Waals surface area contributed by atoms with Crippen LogP contribution in [0.25, 0.3) is 0 Å². The van der Waals surface area contributed by atoms with E-state index in [4.69, 9.17) is 22.6 Å². The lowest BCUT2D eigenvalue weighted by molar-refractivity contribution is 0.771. The minimum Gasteiger partial charge on any atom is -0.384 e. The van der Waals surface area contributed by atoms with Crippen molar-refractivity contribution in [3.63, 3.8) is 0 Å². The number of halogens is 1. The maximum atomic E-state index is 8.86. The first-order valence-electron chi connectivity index (χ1n) is 4.67. The average Bonchev–Trinajstić information content (AvgIpc) is 2.71. The number of pyridine rings is 1. The van der Waals surface area contributed by atoms with Crippen LogP contribution in [0, 0.1) is 11.3 Å². The lowest BCUT2D eigenvalue weighted by atomic mass is 10.3. The molecule has 0 atom stereocenters. The molecule has 0 saturated carbocycles. The van der Waals surface area contributed by atoms with E-state index in [0.717, 1.165) is 0 Å². The van der Waals surface area contributed by atoms with Gasteiger partial charge in [-0.25, -0.2) is 4.98 Å². The predicted molar refractivity (Wildman–Crippen MR) is 61.9 cm³/mol. The minimum atomic E-state index is 0.421. The average molecular weight is 233 g/mol. The van der Waals surface area contributed by atoms with Crippen LogP contribution < -0.4 is 5.73 Å². The Balaban J connectivity index is 2.34. The molecule has 2 aromatic heterocycles. The second-order valence-electron chi connectivity index (χ2n) is 3.30. The van der Waals surface area contributed by atoms with Gasteiger partial charge in [0.15, 0.2) is 0 Å². The van der Waals surface area contributed by atoms with E-state index in [9.17, 15) is 0 Å². The number of hydrogen-bond acceptors (Lipinski definition) is 3. The Bertz CT molecular complexity index is 553. The second kappa shape index (κ2) is 4.25. The summed E-state index contributed by atoms with van der Waals surface area (Å²) in [5, 5.41) is 9.41. The molecule has 0 aliphatic carbocycles. The highest BCUT2D eigenvalue weighted by Crippen LogP contribution is 2.17. The molecule has 4 nitrogen and oxygen atoms in total. The minimum absolute atomic E-state index is 0.421. The van der Waals surface area contributed by atoms with Crippen LogP contribution in [0.2, 0.25) is 5.02 Å². The molecule has 2 N–H and O–H groups in total. The zero-order chi connectivity index (χ0) is 11.5. The number of aromatic nitrogens is 2. The van der Waals surface area contributed by atoms with Gasteiger partial charge in [0.05, 0.1) is 17.3 Å². The highest BCUT2D eigenvalue weighted by atomic mass is 35.5. The van der Waals surface area contributed by atoms with Crippen molar-refractivity contribution in [2.75, 3.05) is 5.73 Å². The zero-order valence-corrected chi connectivity index (χ0v) is 9.15. The number of rotatable bonds is 2. The number of hydrogen-bond donors (Lipinski definition) is 1. The molecular formula is C11H9ClN4. The van der Waals surface area contributed by atoms with Crippen LogP contribution in [0.1, 0.15) is 11.4 Å². The summed E-state index contributed by atoms with van der Waals surface area (Å²) in [6.07, 6.45) is 1.81. The standard InChI is InChI=1S/C11H9ClN4/c12-9-3-4-11(14)15-10(9)7-16-5-1-2-8(16)6-13/h1-5H,7H2,(H2,14,15). The molecule has 0 aromatic carbocycles. The molecule has 2 aromatic rings. The Morgan fingerprint density at radius 3 is 3.00 bits per heavy atom. The molecule has 0 unspecified atom stereocenters. The van der Waals surface area contributed by atoms with Gasteiger partial charge in [0.25, 0.3) is 0 Å². The molecule has 2 rings (SSSR count). The van der Waals surface area contributed by atoms with Crippen molar-refractivity contribution >= 4 is 17.4 Å². The second-order valence-corrected chi connectivity index (χ2v) is 3.70. The summed E-state index contributed by atoms with van der Waals surface area (Å²) >= 11 is 5.99. The summed E-state index contributed by atoms with van der Waals surface area (Å²) < 4.78 is 1.77. The number of nitrogens with two attached hydrogens (primary N) is 1. The van der Waals surface area contributed by atoms with E-state index in [-0.39, 0.29) is 0 Å². The molecule has 0 spiro atoms. The van der Waals surface area contributed by atoms with Gasteiger partial charge in [-0.1, -0.05) is 11.6 Å². The van der Waals surface area contributed by atoms with Crippen LogP contribution in [-0.2, 0) is 6.54 Å². The van der Waals surface area contributed by atoms with Gasteiger partial charge in [-0.2, -0.15) is 5.26 Å². The molecule has 16 heavy (non-hydrogen) atoms. The van der Waals surface area contributed by atoms with Crippen LogP contribution in [0.4, 0.5) is 5.82 Å². The van der Waals surface area contributed by atoms with Crippen molar-refractivity contribution < 1.29 is 0 Å². The van der Waals surface area contributed by atoms with E-state index in [1.807, 2.05) is 0 Å². The lowest BCUT2D eigenvalue weighted by Crippen LogP contribution is -2.04. The number of nitrogens with zero attached hydrogens (tertiary/aromatic N) is 3. The van der Waals surface area contributed by atoms with Crippen LogP contribution in [0.5, 0.6) is 0 Å². The number of nitrogen functional groups attached to an aromatic ring is 1. The Morgan fingerprint density at radius 1 is 1.44 bits per heavy atom. The quantitative estimate of drug-likeness (QED) is 0.862. The normalized spacial score (nSPS) is 10.0. The maximum Gasteiger partial charge on any atom is 0.123 e. The lowest BCUT2D eigenvalue weighted by Gasteiger charge is -2.06. The largest absolute Gasteiger partial charge is 0.384 e. The molecule has 2 heterocycles. The van der Waals surface area contributed by atoms with Crippen molar-refractivity contribution in [1.29, 1.82) is 5.26 Å². The topological polar surface area (TPSA) is 67.6 Å². The fraction of sp³-hybridized carbons (Fsp3) is 0.0909. The van der Waals surface area contributed by atoms with Gasteiger partial charge in [0.1, 0.15) is 17.6 Å². The van der Waals surface area contributed by atoms with Crippen molar-refractivity contribution in [2.45, 2.75) is 6.54 Å². The molecule has 0 fully saturated rings. The molecular weight excluding hydrogens is 224 g/mol. The Morgan fingerprint density at radius 2 is 2.25 bits per heavy atom. The molecule has 0 amide bonds. The van der Waals surface area contributed by atoms with E-state index >= 15 is 0 Å². The fourth-order valence-electron chi connectivity index (χ4n) is 1.43. The smallest absolute Gasteiger partial charge is 0.123 e. The van der Waals surface area contributed by atoms with Crippen molar-refractivity contribution in [3.8, 4) is 6.07 Å². The van der Waals surface area contributed by atoms with Crippen LogP contribution >= 0.6 is 11.6 Å². The predicted octanol–water partition coefficient (Wildman–Crippen LogP) is 2.04. The molecule has 0 radical (unpaired) electrons. The van der Waals surface area contributed by atoms with E-state index in [1.54, 1.807) is 35.0 Å². The van der Waals surface area contributed by atoms with Gasteiger partial charge in [-0.05, 0) is 24.3 Å². The number of anilines is 1. The van der Waals surface area contributed by atoms with Gasteiger partial charge in [0, 0.05) is 6.20 Å². The van der Waals surface area contributed by atoms with E-state index < -0.39 is 0 Å². The summed E-state index contributed by atoms with van der Waals surface area (Å²) in [4.78, 5) is 4.14. The van der Waals surface area contributed by atoms with E-state index in [0.29, 0.717) is 28.8 Å². The fourth-order valence-corrected chi connectivity index (χ4v) is 1.59. The summed E-state index contributed by atoms with van der Waals surface area (Å²) in [6.45, 7) is 0.444. The first-order valence-corrected chi connectivity index (χ1v) is 5.04. The highest BCUT2D eigenvalue weighted by Gasteiger charge is 2.06. The van der Waals surface area contributed by atoms with Crippen molar-refractivity contribution in [2.24, 2.45) is 0 Å². The first-order chi connectivity index (χ1) is 7.70. The first kappa shape index (κ1) is 10.5. The van der Waals surface area contributed by atoms with E-state index in [2.05, 4.69) is 11.1 Å². The molecule has 0 aliphatic rings. The van der Waals surface area contributed by atoms with Gasteiger partial charge >= 0.3 is 0 Å². The van der Waals surface area contributed by atoms with Gasteiger partial charge in [-0.15, -0.1) is 0 Å². The van der Waals surface area contributed by atoms with Gasteiger partial charge in [-0.3, -0.25) is 0 Å². The van der Waals surface area contributed by atoms with Crippen LogP contribution in [0.3, 0.4) is 0 Å². The Labute approximate surface area is 97.9 Å². The molecule has 80 valence electrons. The van der Waals surface area contributed by atoms with Crippen LogP contribution in [0.15, 0.2) is 30.5 Å². The van der Waals surface area contributed by atoms with Gasteiger partial charge < -0.3 is 10.3 Å². The third-order valence-electron chi connectivity index (χ3n) is 2.20. The number of nitriles is 1. The third-order valence-corrected chi connectivity index (χ3v) is 2.55. The monoisotopic (exact) mass is 232 g/mol. The highest BCUT2D eigenvalue weighted by molar-refractivity contribution is 6.31. The molecule has 5 heteroatoms. The molecule has 0 aliphatic heterocycles. The van der Waals surface area contributed by atoms with Crippen LogP contribution in [-0.4, -0.2) is 9.55 Å². The third kappa shape index (κ3) is 2.00. The Kier molecular flexibility index (Phi) is 2.80. The molecule has 0 bridgehead atoms. The summed E-state index contributed by atoms with van der Waals surface area (Å²) in [7, 11) is 0. The SMILES string of the molecule is N#Cc1cccn1Cc1nc(N)ccc1Cl. The van der Waals surface area contributed by atoms with Crippen molar-refractivity contribution in [3.05, 3.63) is 46.9 Å².